The van der Waals surface area contributed by atoms with Gasteiger partial charge in [0.05, 0.1) is 4.92 Å². The number of nitro benzene ring substituents is 1. The van der Waals surface area contributed by atoms with Crippen molar-refractivity contribution in [1.29, 1.82) is 0 Å². The third kappa shape index (κ3) is 2.92. The number of carbonyl (C=O) groups excluding carboxylic acids is 1. The molecule has 2 rings (SSSR count). The smallest absolute Gasteiger partial charge is 0.269 e. The molecule has 0 atom stereocenters. The van der Waals surface area contributed by atoms with Crippen molar-refractivity contribution in [2.45, 2.75) is 6.92 Å². The lowest BCUT2D eigenvalue weighted by atomic mass is 10.1. The summed E-state index contributed by atoms with van der Waals surface area (Å²) < 4.78 is 0. The first-order valence-electron chi connectivity index (χ1n) is 5.89. The predicted octanol–water partition coefficient (Wildman–Crippen LogP) is 2.74. The van der Waals surface area contributed by atoms with Gasteiger partial charge in [-0.25, -0.2) is 0 Å². The number of nitro groups is 1. The van der Waals surface area contributed by atoms with Crippen LogP contribution < -0.4 is 11.1 Å². The molecule has 0 spiro atoms. The molecule has 3 N–H and O–H groups in total. The van der Waals surface area contributed by atoms with Gasteiger partial charge in [-0.05, 0) is 42.8 Å². The fraction of sp³-hybridized carbons (Fsp3) is 0.0714. The lowest BCUT2D eigenvalue weighted by Crippen LogP contribution is -2.13. The summed E-state index contributed by atoms with van der Waals surface area (Å²) in [5, 5.41) is 13.2. The summed E-state index contributed by atoms with van der Waals surface area (Å²) in [7, 11) is 0. The van der Waals surface area contributed by atoms with Crippen LogP contribution in [-0.2, 0) is 0 Å². The van der Waals surface area contributed by atoms with Gasteiger partial charge in [-0.1, -0.05) is 0 Å². The predicted molar refractivity (Wildman–Crippen MR) is 76.6 cm³/mol. The quantitative estimate of drug-likeness (QED) is 0.509. The normalized spacial score (nSPS) is 10.1. The van der Waals surface area contributed by atoms with Crippen molar-refractivity contribution in [3.05, 3.63) is 63.7 Å². The zero-order valence-corrected chi connectivity index (χ0v) is 10.8. The molecule has 6 nitrogen and oxygen atoms in total. The first-order chi connectivity index (χ1) is 9.47. The minimum atomic E-state index is -0.490. The Kier molecular flexibility index (Phi) is 3.65. The number of anilines is 2. The summed E-state index contributed by atoms with van der Waals surface area (Å²) in [5.41, 5.74) is 7.98. The summed E-state index contributed by atoms with van der Waals surface area (Å²) in [6.45, 7) is 1.79. The SMILES string of the molecule is Cc1cc(N)ccc1C(=O)Nc1ccc([N+](=O)[O-])cc1. The number of nitrogens with one attached hydrogen (secondary N) is 1. The number of benzene rings is 2. The zero-order chi connectivity index (χ0) is 14.7. The second kappa shape index (κ2) is 5.40. The van der Waals surface area contributed by atoms with Gasteiger partial charge < -0.3 is 11.1 Å². The summed E-state index contributed by atoms with van der Waals surface area (Å²) in [6.07, 6.45) is 0. The van der Waals surface area contributed by atoms with Crippen LogP contribution >= 0.6 is 0 Å². The standard InChI is InChI=1S/C14H13N3O3/c1-9-8-10(15)2-7-13(9)14(18)16-11-3-5-12(6-4-11)17(19)20/h2-8H,15H2,1H3,(H,16,18). The van der Waals surface area contributed by atoms with Gasteiger partial charge in [0.2, 0.25) is 0 Å². The van der Waals surface area contributed by atoms with Crippen LogP contribution in [0.3, 0.4) is 0 Å². The Morgan fingerprint density at radius 3 is 2.40 bits per heavy atom. The van der Waals surface area contributed by atoms with Gasteiger partial charge >= 0.3 is 0 Å². The number of aryl methyl sites for hydroxylation is 1. The Bertz CT molecular complexity index is 666. The Labute approximate surface area is 115 Å². The first-order valence-corrected chi connectivity index (χ1v) is 5.89. The van der Waals surface area contributed by atoms with Crippen LogP contribution in [0.2, 0.25) is 0 Å². The molecule has 102 valence electrons. The Balaban J connectivity index is 2.17. The van der Waals surface area contributed by atoms with E-state index in [0.29, 0.717) is 16.9 Å². The molecule has 0 aromatic heterocycles. The van der Waals surface area contributed by atoms with Gasteiger partial charge in [-0.3, -0.25) is 14.9 Å². The van der Waals surface area contributed by atoms with E-state index in [9.17, 15) is 14.9 Å². The Morgan fingerprint density at radius 2 is 1.85 bits per heavy atom. The molecule has 20 heavy (non-hydrogen) atoms. The molecule has 6 heteroatoms. The molecule has 0 aliphatic carbocycles. The fourth-order valence-corrected chi connectivity index (χ4v) is 1.81. The van der Waals surface area contributed by atoms with Crippen molar-refractivity contribution < 1.29 is 9.72 Å². The monoisotopic (exact) mass is 271 g/mol. The summed E-state index contributed by atoms with van der Waals surface area (Å²) in [4.78, 5) is 22.1. The largest absolute Gasteiger partial charge is 0.399 e. The van der Waals surface area contributed by atoms with E-state index in [1.54, 1.807) is 25.1 Å². The molecule has 2 aromatic carbocycles. The molecule has 0 radical (unpaired) electrons. The number of amides is 1. The van der Waals surface area contributed by atoms with E-state index in [4.69, 9.17) is 5.73 Å². The molecule has 2 aromatic rings. The van der Waals surface area contributed by atoms with Crippen molar-refractivity contribution >= 4 is 23.0 Å². The van der Waals surface area contributed by atoms with Gasteiger partial charge in [0, 0.05) is 29.1 Å². The van der Waals surface area contributed by atoms with Crippen LogP contribution in [-0.4, -0.2) is 10.8 Å². The minimum absolute atomic E-state index is 0.0216. The van der Waals surface area contributed by atoms with Crippen LogP contribution in [0, 0.1) is 17.0 Å². The molecule has 0 fully saturated rings. The number of nitrogens with zero attached hydrogens (tertiary/aromatic N) is 1. The average Bonchev–Trinajstić information content (AvgIpc) is 2.39. The number of rotatable bonds is 3. The van der Waals surface area contributed by atoms with Gasteiger partial charge in [-0.2, -0.15) is 0 Å². The zero-order valence-electron chi connectivity index (χ0n) is 10.8. The van der Waals surface area contributed by atoms with Gasteiger partial charge in [0.25, 0.3) is 11.6 Å². The molecule has 1 amide bonds. The molecule has 0 saturated heterocycles. The van der Waals surface area contributed by atoms with Crippen molar-refractivity contribution in [1.82, 2.24) is 0 Å². The number of non-ortho nitro benzene ring substituents is 1. The van der Waals surface area contributed by atoms with Crippen LogP contribution in [0.5, 0.6) is 0 Å². The highest BCUT2D eigenvalue weighted by molar-refractivity contribution is 6.05. The van der Waals surface area contributed by atoms with Crippen LogP contribution in [0.15, 0.2) is 42.5 Å². The van der Waals surface area contributed by atoms with E-state index in [-0.39, 0.29) is 11.6 Å². The maximum Gasteiger partial charge on any atom is 0.269 e. The number of hydrogen-bond donors (Lipinski definition) is 2. The maximum atomic E-state index is 12.1. The van der Waals surface area contributed by atoms with Crippen LogP contribution in [0.1, 0.15) is 15.9 Å². The Morgan fingerprint density at radius 1 is 1.20 bits per heavy atom. The first kappa shape index (κ1) is 13.5. The van der Waals surface area contributed by atoms with Crippen molar-refractivity contribution in [2.24, 2.45) is 0 Å². The summed E-state index contributed by atoms with van der Waals surface area (Å²) in [6, 6.07) is 10.7. The molecule has 0 saturated carbocycles. The Hall–Kier alpha value is -2.89. The third-order valence-corrected chi connectivity index (χ3v) is 2.83. The second-order valence-electron chi connectivity index (χ2n) is 4.33. The van der Waals surface area contributed by atoms with Gasteiger partial charge in [0.15, 0.2) is 0 Å². The number of nitrogen functional groups attached to an aromatic ring is 1. The van der Waals surface area contributed by atoms with Crippen LogP contribution in [0.25, 0.3) is 0 Å². The highest BCUT2D eigenvalue weighted by atomic mass is 16.6. The number of nitrogens with two attached hydrogens (primary N) is 1. The minimum Gasteiger partial charge on any atom is -0.399 e. The van der Waals surface area contributed by atoms with Crippen molar-refractivity contribution in [3.8, 4) is 0 Å². The third-order valence-electron chi connectivity index (χ3n) is 2.83. The molecular formula is C14H13N3O3. The highest BCUT2D eigenvalue weighted by Crippen LogP contribution is 2.18. The lowest BCUT2D eigenvalue weighted by Gasteiger charge is -2.08. The van der Waals surface area contributed by atoms with E-state index >= 15 is 0 Å². The topological polar surface area (TPSA) is 98.3 Å². The second-order valence-corrected chi connectivity index (χ2v) is 4.33. The average molecular weight is 271 g/mol. The van der Waals surface area contributed by atoms with E-state index in [1.165, 1.54) is 24.3 Å². The fourth-order valence-electron chi connectivity index (χ4n) is 1.81. The molecule has 0 unspecified atom stereocenters. The molecule has 0 aliphatic heterocycles. The molecule has 0 aliphatic rings. The highest BCUT2D eigenvalue weighted by Gasteiger charge is 2.10. The summed E-state index contributed by atoms with van der Waals surface area (Å²) >= 11 is 0. The van der Waals surface area contributed by atoms with Crippen molar-refractivity contribution in [3.63, 3.8) is 0 Å². The van der Waals surface area contributed by atoms with E-state index < -0.39 is 4.92 Å². The molecular weight excluding hydrogens is 258 g/mol. The van der Waals surface area contributed by atoms with Crippen molar-refractivity contribution in [2.75, 3.05) is 11.1 Å². The van der Waals surface area contributed by atoms with E-state index in [0.717, 1.165) is 5.56 Å². The van der Waals surface area contributed by atoms with E-state index in [2.05, 4.69) is 5.32 Å². The number of carbonyl (C=O) groups is 1. The van der Waals surface area contributed by atoms with Gasteiger partial charge in [0.1, 0.15) is 0 Å². The molecule has 0 bridgehead atoms. The number of hydrogen-bond acceptors (Lipinski definition) is 4. The maximum absolute atomic E-state index is 12.1. The summed E-state index contributed by atoms with van der Waals surface area (Å²) in [5.74, 6) is -0.281. The van der Waals surface area contributed by atoms with Crippen LogP contribution in [0.4, 0.5) is 17.1 Å². The lowest BCUT2D eigenvalue weighted by molar-refractivity contribution is -0.384. The van der Waals surface area contributed by atoms with E-state index in [1.807, 2.05) is 0 Å². The molecule has 0 heterocycles. The van der Waals surface area contributed by atoms with Gasteiger partial charge in [-0.15, -0.1) is 0 Å².